The Kier molecular flexibility index (Phi) is 5.41. The molecule has 4 nitrogen and oxygen atoms in total. The van der Waals surface area contributed by atoms with Gasteiger partial charge < -0.3 is 14.0 Å². The predicted octanol–water partition coefficient (Wildman–Crippen LogP) is 3.51. The van der Waals surface area contributed by atoms with E-state index in [0.717, 1.165) is 11.0 Å². The van der Waals surface area contributed by atoms with Gasteiger partial charge in [-0.15, -0.1) is 0 Å². The van der Waals surface area contributed by atoms with Gasteiger partial charge in [0.05, 0.1) is 17.1 Å². The maximum absolute atomic E-state index is 12.2. The standard InChI is InChI=1S/C20H31BO4/c1-14(17(22)23-18(2,3)4)12-15-10-9-11-16(13-15)21-24-19(5,6)20(7,8)25-21/h9-11,13-14H,12H2,1-8H3/t14-/m0/s1. The van der Waals surface area contributed by atoms with E-state index >= 15 is 0 Å². The zero-order valence-corrected chi connectivity index (χ0v) is 16.8. The molecule has 0 aromatic heterocycles. The van der Waals surface area contributed by atoms with E-state index in [0.29, 0.717) is 6.42 Å². The van der Waals surface area contributed by atoms with Gasteiger partial charge >= 0.3 is 13.1 Å². The number of hydrogen-bond acceptors (Lipinski definition) is 4. The first kappa shape index (κ1) is 20.0. The molecule has 1 aliphatic heterocycles. The van der Waals surface area contributed by atoms with Crippen LogP contribution >= 0.6 is 0 Å². The average molecular weight is 346 g/mol. The summed E-state index contributed by atoms with van der Waals surface area (Å²) >= 11 is 0. The highest BCUT2D eigenvalue weighted by atomic mass is 16.7. The van der Waals surface area contributed by atoms with Crippen molar-refractivity contribution in [1.29, 1.82) is 0 Å². The Bertz CT molecular complexity index is 615. The van der Waals surface area contributed by atoms with E-state index < -0.39 is 5.60 Å². The van der Waals surface area contributed by atoms with E-state index in [1.807, 2.05) is 73.6 Å². The van der Waals surface area contributed by atoms with Crippen LogP contribution in [-0.2, 0) is 25.3 Å². The summed E-state index contributed by atoms with van der Waals surface area (Å²) in [5.74, 6) is -0.374. The molecule has 0 amide bonds. The normalized spacial score (nSPS) is 20.4. The van der Waals surface area contributed by atoms with Crippen molar-refractivity contribution in [2.45, 2.75) is 78.6 Å². The van der Waals surface area contributed by atoms with Gasteiger partial charge in [-0.05, 0) is 65.9 Å². The van der Waals surface area contributed by atoms with Gasteiger partial charge in [-0.3, -0.25) is 4.79 Å². The molecule has 25 heavy (non-hydrogen) atoms. The minimum absolute atomic E-state index is 0.173. The van der Waals surface area contributed by atoms with Crippen LogP contribution in [0.5, 0.6) is 0 Å². The molecule has 138 valence electrons. The van der Waals surface area contributed by atoms with Gasteiger partial charge in [-0.2, -0.15) is 0 Å². The van der Waals surface area contributed by atoms with Crippen LogP contribution in [0.15, 0.2) is 24.3 Å². The molecular formula is C20H31BO4. The Balaban J connectivity index is 2.09. The molecule has 0 unspecified atom stereocenters. The molecule has 0 bridgehead atoms. The number of hydrogen-bond donors (Lipinski definition) is 0. The monoisotopic (exact) mass is 346 g/mol. The number of carbonyl (C=O) groups is 1. The number of benzene rings is 1. The molecule has 1 aliphatic rings. The van der Waals surface area contributed by atoms with Crippen LogP contribution in [-0.4, -0.2) is 29.9 Å². The van der Waals surface area contributed by atoms with Crippen molar-refractivity contribution in [2.24, 2.45) is 5.92 Å². The highest BCUT2D eigenvalue weighted by molar-refractivity contribution is 6.62. The lowest BCUT2D eigenvalue weighted by Gasteiger charge is -2.32. The van der Waals surface area contributed by atoms with Crippen LogP contribution in [0.25, 0.3) is 0 Å². The lowest BCUT2D eigenvalue weighted by molar-refractivity contribution is -0.159. The third-order valence-corrected chi connectivity index (χ3v) is 4.83. The van der Waals surface area contributed by atoms with Gasteiger partial charge in [-0.1, -0.05) is 31.2 Å². The molecule has 0 N–H and O–H groups in total. The van der Waals surface area contributed by atoms with E-state index in [2.05, 4.69) is 6.07 Å². The second-order valence-corrected chi connectivity index (χ2v) is 8.97. The molecule has 5 heteroatoms. The first-order chi connectivity index (χ1) is 11.3. The van der Waals surface area contributed by atoms with Crippen molar-refractivity contribution in [1.82, 2.24) is 0 Å². The molecule has 1 atom stereocenters. The quantitative estimate of drug-likeness (QED) is 0.618. The Labute approximate surface area is 152 Å². The summed E-state index contributed by atoms with van der Waals surface area (Å²) in [4.78, 5) is 12.2. The maximum Gasteiger partial charge on any atom is 0.494 e. The predicted molar refractivity (Wildman–Crippen MR) is 101 cm³/mol. The van der Waals surface area contributed by atoms with Crippen LogP contribution in [0.1, 0.15) is 61.0 Å². The van der Waals surface area contributed by atoms with Crippen LogP contribution in [0.2, 0.25) is 0 Å². The van der Waals surface area contributed by atoms with Gasteiger partial charge in [-0.25, -0.2) is 0 Å². The minimum Gasteiger partial charge on any atom is -0.460 e. The van der Waals surface area contributed by atoms with Crippen LogP contribution in [0.4, 0.5) is 0 Å². The Morgan fingerprint density at radius 2 is 1.72 bits per heavy atom. The van der Waals surface area contributed by atoms with Crippen LogP contribution in [0, 0.1) is 5.92 Å². The topological polar surface area (TPSA) is 44.8 Å². The van der Waals surface area contributed by atoms with Gasteiger partial charge in [0.25, 0.3) is 0 Å². The van der Waals surface area contributed by atoms with Gasteiger partial charge in [0.15, 0.2) is 0 Å². The molecule has 1 fully saturated rings. The maximum atomic E-state index is 12.2. The average Bonchev–Trinajstić information content (AvgIpc) is 2.66. The summed E-state index contributed by atoms with van der Waals surface area (Å²) in [6.45, 7) is 15.7. The van der Waals surface area contributed by atoms with Crippen molar-refractivity contribution in [3.05, 3.63) is 29.8 Å². The summed E-state index contributed by atoms with van der Waals surface area (Å²) in [7, 11) is -0.387. The molecule has 0 radical (unpaired) electrons. The molecule has 1 saturated heterocycles. The highest BCUT2D eigenvalue weighted by Gasteiger charge is 2.51. The molecule has 1 aromatic rings. The Hall–Kier alpha value is -1.33. The molecule has 2 rings (SSSR count). The number of rotatable bonds is 4. The van der Waals surface area contributed by atoms with E-state index in [4.69, 9.17) is 14.0 Å². The molecular weight excluding hydrogens is 315 g/mol. The van der Waals surface area contributed by atoms with E-state index in [-0.39, 0.29) is 30.2 Å². The Morgan fingerprint density at radius 1 is 1.16 bits per heavy atom. The van der Waals surface area contributed by atoms with Crippen molar-refractivity contribution in [2.75, 3.05) is 0 Å². The largest absolute Gasteiger partial charge is 0.494 e. The van der Waals surface area contributed by atoms with Crippen molar-refractivity contribution >= 4 is 18.6 Å². The summed E-state index contributed by atoms with van der Waals surface area (Å²) < 4.78 is 17.7. The summed E-state index contributed by atoms with van der Waals surface area (Å²) in [6.07, 6.45) is 0.627. The highest BCUT2D eigenvalue weighted by Crippen LogP contribution is 2.36. The van der Waals surface area contributed by atoms with Crippen LogP contribution < -0.4 is 5.46 Å². The fourth-order valence-electron chi connectivity index (χ4n) is 2.69. The molecule has 0 saturated carbocycles. The van der Waals surface area contributed by atoms with E-state index in [9.17, 15) is 4.79 Å². The second-order valence-electron chi connectivity index (χ2n) is 8.97. The first-order valence-corrected chi connectivity index (χ1v) is 8.98. The smallest absolute Gasteiger partial charge is 0.460 e. The van der Waals surface area contributed by atoms with Crippen molar-refractivity contribution < 1.29 is 18.8 Å². The lowest BCUT2D eigenvalue weighted by Crippen LogP contribution is -2.41. The van der Waals surface area contributed by atoms with Gasteiger partial charge in [0.1, 0.15) is 5.60 Å². The summed E-state index contributed by atoms with van der Waals surface area (Å²) in [5.41, 5.74) is 0.864. The van der Waals surface area contributed by atoms with E-state index in [1.54, 1.807) is 0 Å². The molecule has 1 heterocycles. The zero-order valence-electron chi connectivity index (χ0n) is 16.8. The lowest BCUT2D eigenvalue weighted by atomic mass is 9.78. The summed E-state index contributed by atoms with van der Waals surface area (Å²) in [5, 5.41) is 0. The molecule has 0 spiro atoms. The number of carbonyl (C=O) groups excluding carboxylic acids is 1. The molecule has 1 aromatic carbocycles. The SMILES string of the molecule is C[C@@H](Cc1cccc(B2OC(C)(C)C(C)(C)O2)c1)C(=O)OC(C)(C)C. The summed E-state index contributed by atoms with van der Waals surface area (Å²) in [6, 6.07) is 8.07. The van der Waals surface area contributed by atoms with Gasteiger partial charge in [0.2, 0.25) is 0 Å². The van der Waals surface area contributed by atoms with Crippen LogP contribution in [0.3, 0.4) is 0 Å². The fraction of sp³-hybridized carbons (Fsp3) is 0.650. The van der Waals surface area contributed by atoms with Crippen molar-refractivity contribution in [3.63, 3.8) is 0 Å². The van der Waals surface area contributed by atoms with E-state index in [1.165, 1.54) is 0 Å². The Morgan fingerprint density at radius 3 is 2.24 bits per heavy atom. The first-order valence-electron chi connectivity index (χ1n) is 8.98. The van der Waals surface area contributed by atoms with Crippen molar-refractivity contribution in [3.8, 4) is 0 Å². The zero-order chi connectivity index (χ0) is 19.0. The van der Waals surface area contributed by atoms with Gasteiger partial charge in [0, 0.05) is 0 Å². The third kappa shape index (κ3) is 4.86. The second kappa shape index (κ2) is 6.77. The third-order valence-electron chi connectivity index (χ3n) is 4.83. The fourth-order valence-corrected chi connectivity index (χ4v) is 2.69. The molecule has 0 aliphatic carbocycles. The number of ether oxygens (including phenoxy) is 1. The number of esters is 1. The minimum atomic E-state index is -0.462.